The van der Waals surface area contributed by atoms with Crippen molar-refractivity contribution < 1.29 is 27.4 Å². The number of nitrogens with zero attached hydrogens (tertiary/aromatic N) is 2. The maximum atomic E-state index is 13.8. The summed E-state index contributed by atoms with van der Waals surface area (Å²) in [5, 5.41) is 17.6. The summed E-state index contributed by atoms with van der Waals surface area (Å²) in [7, 11) is -4.23. The summed E-state index contributed by atoms with van der Waals surface area (Å²) in [4.78, 5) is 10.2. The molecule has 0 bridgehead atoms. The van der Waals surface area contributed by atoms with Crippen LogP contribution in [0.5, 0.6) is 0 Å². The Hall–Kier alpha value is -2.02. The third-order valence-electron chi connectivity index (χ3n) is 2.97. The fraction of sp³-hybridized carbons (Fsp3) is 0.333. The molecular formula is C12H11FN2O5S. The molecular weight excluding hydrogens is 303 g/mol. The predicted octanol–water partition coefficient (Wildman–Crippen LogP) is 0.437. The lowest BCUT2D eigenvalue weighted by molar-refractivity contribution is 0.0310. The quantitative estimate of drug-likeness (QED) is 0.867. The highest BCUT2D eigenvalue weighted by molar-refractivity contribution is 7.89. The number of halogens is 1. The number of sulfonamides is 1. The Morgan fingerprint density at radius 1 is 1.52 bits per heavy atom. The molecule has 1 aliphatic heterocycles. The molecule has 112 valence electrons. The second kappa shape index (κ2) is 5.77. The van der Waals surface area contributed by atoms with Crippen LogP contribution in [0.1, 0.15) is 10.4 Å². The largest absolute Gasteiger partial charge is 0.478 e. The number of hydrogen-bond donors (Lipinski definition) is 1. The first-order valence-corrected chi connectivity index (χ1v) is 7.34. The predicted molar refractivity (Wildman–Crippen MR) is 67.5 cm³/mol. The zero-order valence-corrected chi connectivity index (χ0v) is 11.5. The van der Waals surface area contributed by atoms with E-state index >= 15 is 0 Å². The number of ether oxygens (including phenoxy) is 1. The highest BCUT2D eigenvalue weighted by Crippen LogP contribution is 2.22. The minimum Gasteiger partial charge on any atom is -0.478 e. The van der Waals surface area contributed by atoms with Crippen LogP contribution in [0.4, 0.5) is 4.39 Å². The van der Waals surface area contributed by atoms with E-state index < -0.39 is 32.8 Å². The van der Waals surface area contributed by atoms with Gasteiger partial charge in [-0.2, -0.15) is 9.57 Å². The molecule has 1 atom stereocenters. The molecule has 0 saturated carbocycles. The Kier molecular flexibility index (Phi) is 4.22. The third kappa shape index (κ3) is 3.02. The summed E-state index contributed by atoms with van der Waals surface area (Å²) >= 11 is 0. The molecule has 1 N–H and O–H groups in total. The maximum Gasteiger partial charge on any atom is 0.335 e. The molecule has 1 aliphatic rings. The van der Waals surface area contributed by atoms with Gasteiger partial charge in [0.05, 0.1) is 24.8 Å². The molecule has 1 unspecified atom stereocenters. The molecule has 21 heavy (non-hydrogen) atoms. The van der Waals surface area contributed by atoms with Crippen molar-refractivity contribution in [2.24, 2.45) is 0 Å². The fourth-order valence-electron chi connectivity index (χ4n) is 1.90. The number of nitriles is 1. The summed E-state index contributed by atoms with van der Waals surface area (Å²) in [6.45, 7) is -0.246. The second-order valence-corrected chi connectivity index (χ2v) is 6.21. The number of hydrogen-bond acceptors (Lipinski definition) is 5. The van der Waals surface area contributed by atoms with Crippen LogP contribution in [0, 0.1) is 17.1 Å². The van der Waals surface area contributed by atoms with Crippen molar-refractivity contribution in [3.8, 4) is 6.07 Å². The Labute approximate surface area is 120 Å². The summed E-state index contributed by atoms with van der Waals surface area (Å²) in [6, 6.07) is 4.32. The van der Waals surface area contributed by atoms with Gasteiger partial charge in [-0.05, 0) is 18.2 Å². The topological polar surface area (TPSA) is 108 Å². The van der Waals surface area contributed by atoms with Crippen LogP contribution >= 0.6 is 0 Å². The Balaban J connectivity index is 2.42. The first-order valence-electron chi connectivity index (χ1n) is 5.90. The van der Waals surface area contributed by atoms with Crippen molar-refractivity contribution in [1.29, 1.82) is 5.26 Å². The van der Waals surface area contributed by atoms with Crippen molar-refractivity contribution >= 4 is 16.0 Å². The molecule has 1 heterocycles. The van der Waals surface area contributed by atoms with Gasteiger partial charge in [0, 0.05) is 6.54 Å². The van der Waals surface area contributed by atoms with E-state index in [1.165, 1.54) is 0 Å². The number of aromatic carboxylic acids is 1. The van der Waals surface area contributed by atoms with Gasteiger partial charge in [-0.1, -0.05) is 0 Å². The van der Waals surface area contributed by atoms with E-state index in [-0.39, 0.29) is 25.3 Å². The zero-order valence-electron chi connectivity index (χ0n) is 10.7. The van der Waals surface area contributed by atoms with Crippen LogP contribution in [0.25, 0.3) is 0 Å². The number of carboxylic acids is 1. The summed E-state index contributed by atoms with van der Waals surface area (Å²) < 4.78 is 44.4. The molecule has 2 rings (SSSR count). The van der Waals surface area contributed by atoms with Gasteiger partial charge in [-0.25, -0.2) is 17.6 Å². The first-order chi connectivity index (χ1) is 9.86. The molecule has 1 aromatic carbocycles. The number of carboxylic acid groups (broad SMARTS) is 1. The molecule has 7 nitrogen and oxygen atoms in total. The molecule has 0 spiro atoms. The molecule has 0 aromatic heterocycles. The zero-order chi connectivity index (χ0) is 15.6. The van der Waals surface area contributed by atoms with E-state index in [0.29, 0.717) is 0 Å². The molecule has 9 heteroatoms. The van der Waals surface area contributed by atoms with Gasteiger partial charge in [-0.3, -0.25) is 0 Å². The number of morpholine rings is 1. The van der Waals surface area contributed by atoms with Crippen LogP contribution in [0.15, 0.2) is 23.1 Å². The van der Waals surface area contributed by atoms with Crippen LogP contribution < -0.4 is 0 Å². The third-order valence-corrected chi connectivity index (χ3v) is 4.85. The van der Waals surface area contributed by atoms with Crippen molar-refractivity contribution in [1.82, 2.24) is 4.31 Å². The van der Waals surface area contributed by atoms with Gasteiger partial charge in [-0.15, -0.1) is 0 Å². The van der Waals surface area contributed by atoms with Crippen molar-refractivity contribution in [2.45, 2.75) is 11.0 Å². The van der Waals surface area contributed by atoms with Gasteiger partial charge >= 0.3 is 5.97 Å². The Bertz CT molecular complexity index is 713. The lowest BCUT2D eigenvalue weighted by Gasteiger charge is -2.29. The highest BCUT2D eigenvalue weighted by Gasteiger charge is 2.33. The minimum atomic E-state index is -4.23. The second-order valence-electron chi connectivity index (χ2n) is 4.30. The van der Waals surface area contributed by atoms with E-state index in [2.05, 4.69) is 0 Å². The van der Waals surface area contributed by atoms with E-state index in [4.69, 9.17) is 15.1 Å². The lowest BCUT2D eigenvalue weighted by atomic mass is 10.2. The Morgan fingerprint density at radius 2 is 2.24 bits per heavy atom. The molecule has 1 fully saturated rings. The summed E-state index contributed by atoms with van der Waals surface area (Å²) in [5.74, 6) is -2.40. The summed E-state index contributed by atoms with van der Waals surface area (Å²) in [5.41, 5.74) is -0.333. The average molecular weight is 314 g/mol. The monoisotopic (exact) mass is 314 g/mol. The van der Waals surface area contributed by atoms with E-state index in [9.17, 15) is 17.6 Å². The van der Waals surface area contributed by atoms with Crippen LogP contribution in [-0.4, -0.2) is 49.6 Å². The van der Waals surface area contributed by atoms with Crippen LogP contribution in [0.3, 0.4) is 0 Å². The fourth-order valence-corrected chi connectivity index (χ4v) is 3.41. The van der Waals surface area contributed by atoms with Gasteiger partial charge in [0.25, 0.3) is 0 Å². The normalized spacial score (nSPS) is 19.9. The molecule has 1 saturated heterocycles. The van der Waals surface area contributed by atoms with Crippen molar-refractivity contribution in [3.05, 3.63) is 29.6 Å². The van der Waals surface area contributed by atoms with Crippen LogP contribution in [-0.2, 0) is 14.8 Å². The highest BCUT2D eigenvalue weighted by atomic mass is 32.2. The maximum absolute atomic E-state index is 13.8. The minimum absolute atomic E-state index is 0.0116. The van der Waals surface area contributed by atoms with Crippen molar-refractivity contribution in [3.63, 3.8) is 0 Å². The van der Waals surface area contributed by atoms with Gasteiger partial charge < -0.3 is 9.84 Å². The van der Waals surface area contributed by atoms with E-state index in [1.807, 2.05) is 0 Å². The SMILES string of the molecule is N#CC1CN(S(=O)(=O)c2cc(C(=O)O)ccc2F)CCO1. The van der Waals surface area contributed by atoms with E-state index in [0.717, 1.165) is 22.5 Å². The van der Waals surface area contributed by atoms with Gasteiger partial charge in [0.2, 0.25) is 10.0 Å². The van der Waals surface area contributed by atoms with Crippen molar-refractivity contribution in [2.75, 3.05) is 19.7 Å². The standard InChI is InChI=1S/C12H11FN2O5S/c13-10-2-1-8(12(16)17)5-11(10)21(18,19)15-3-4-20-9(6-14)7-15/h1-2,5,9H,3-4,7H2,(H,16,17). The Morgan fingerprint density at radius 3 is 2.86 bits per heavy atom. The molecule has 0 aliphatic carbocycles. The number of benzene rings is 1. The van der Waals surface area contributed by atoms with Gasteiger partial charge in [0.1, 0.15) is 10.7 Å². The molecule has 0 radical (unpaired) electrons. The van der Waals surface area contributed by atoms with Crippen LogP contribution in [0.2, 0.25) is 0 Å². The average Bonchev–Trinajstić information content (AvgIpc) is 2.47. The van der Waals surface area contributed by atoms with Gasteiger partial charge in [0.15, 0.2) is 6.10 Å². The number of carbonyl (C=O) groups is 1. The molecule has 1 aromatic rings. The number of rotatable bonds is 3. The lowest BCUT2D eigenvalue weighted by Crippen LogP contribution is -2.45. The smallest absolute Gasteiger partial charge is 0.335 e. The van der Waals surface area contributed by atoms with E-state index in [1.54, 1.807) is 6.07 Å². The summed E-state index contributed by atoms with van der Waals surface area (Å²) in [6.07, 6.45) is -0.931. The first kappa shape index (κ1) is 15.4. The molecule has 0 amide bonds.